The Balaban J connectivity index is 1.30. The lowest BCUT2D eigenvalue weighted by atomic mass is 9.82. The maximum Gasteiger partial charge on any atom is 0.160 e. The molecule has 47 heavy (non-hydrogen) atoms. The van der Waals surface area contributed by atoms with Crippen molar-refractivity contribution in [2.45, 2.75) is 19.3 Å². The average Bonchev–Trinajstić information content (AvgIpc) is 3.37. The summed E-state index contributed by atoms with van der Waals surface area (Å²) in [6.07, 6.45) is 0. The molecule has 7 aromatic carbocycles. The van der Waals surface area contributed by atoms with Gasteiger partial charge in [-0.05, 0) is 67.1 Å². The lowest BCUT2D eigenvalue weighted by Gasteiger charge is -2.23. The van der Waals surface area contributed by atoms with E-state index in [9.17, 15) is 0 Å². The second-order valence-electron chi connectivity index (χ2n) is 13.0. The maximum atomic E-state index is 5.47. The molecule has 0 fully saturated rings. The number of hydrogen-bond donors (Lipinski definition) is 0. The predicted octanol–water partition coefficient (Wildman–Crippen LogP) is 11.8. The lowest BCUT2D eigenvalue weighted by molar-refractivity contribution is 0.641. The molecule has 0 unspecified atom stereocenters. The molecule has 0 N–H and O–H groups in total. The molecule has 0 spiro atoms. The molecule has 9 rings (SSSR count). The molecule has 1 aliphatic carbocycles. The number of nitrogens with zero attached hydrogens (tertiary/aromatic N) is 2. The van der Waals surface area contributed by atoms with Crippen LogP contribution in [-0.2, 0) is 5.41 Å². The zero-order chi connectivity index (χ0) is 31.5. The van der Waals surface area contributed by atoms with Gasteiger partial charge < -0.3 is 0 Å². The SMILES string of the molecule is CC1(C)c2nc(-c3cccc4ccccc34)nc(-c3cccc(-c4cccc(-c5ccccc5)c4)c3)c2-c2ccc3ccccc3c21. The first kappa shape index (κ1) is 27.5. The molecule has 0 atom stereocenters. The van der Waals surface area contributed by atoms with E-state index in [0.717, 1.165) is 44.9 Å². The molecule has 0 saturated carbocycles. The molecule has 0 saturated heterocycles. The van der Waals surface area contributed by atoms with Crippen LogP contribution in [0.4, 0.5) is 0 Å². The molecular weight excluding hydrogens is 569 g/mol. The van der Waals surface area contributed by atoms with E-state index in [-0.39, 0.29) is 5.41 Å². The zero-order valence-electron chi connectivity index (χ0n) is 26.4. The molecule has 222 valence electrons. The summed E-state index contributed by atoms with van der Waals surface area (Å²) in [4.78, 5) is 10.9. The summed E-state index contributed by atoms with van der Waals surface area (Å²) in [5.74, 6) is 0.761. The van der Waals surface area contributed by atoms with Crippen LogP contribution in [-0.4, -0.2) is 9.97 Å². The number of benzene rings is 7. The van der Waals surface area contributed by atoms with E-state index in [2.05, 4.69) is 172 Å². The molecular formula is C45H32N2. The van der Waals surface area contributed by atoms with Crippen LogP contribution in [0.1, 0.15) is 25.1 Å². The Kier molecular flexibility index (Phi) is 6.20. The molecule has 1 heterocycles. The van der Waals surface area contributed by atoms with E-state index in [1.165, 1.54) is 44.0 Å². The van der Waals surface area contributed by atoms with Crippen molar-refractivity contribution in [2.24, 2.45) is 0 Å². The Morgan fingerprint density at radius 2 is 0.979 bits per heavy atom. The Labute approximate surface area is 275 Å². The van der Waals surface area contributed by atoms with Gasteiger partial charge in [0, 0.05) is 22.1 Å². The van der Waals surface area contributed by atoms with Gasteiger partial charge in [-0.1, -0.05) is 159 Å². The quantitative estimate of drug-likeness (QED) is 0.201. The third-order valence-electron chi connectivity index (χ3n) is 9.79. The average molecular weight is 601 g/mol. The van der Waals surface area contributed by atoms with Gasteiger partial charge in [-0.2, -0.15) is 0 Å². The van der Waals surface area contributed by atoms with Gasteiger partial charge in [-0.3, -0.25) is 0 Å². The largest absolute Gasteiger partial charge is 0.231 e. The Morgan fingerprint density at radius 1 is 0.426 bits per heavy atom. The first-order valence-corrected chi connectivity index (χ1v) is 16.3. The number of hydrogen-bond acceptors (Lipinski definition) is 2. The minimum atomic E-state index is -0.315. The summed E-state index contributed by atoms with van der Waals surface area (Å²) in [6, 6.07) is 56.4. The smallest absolute Gasteiger partial charge is 0.160 e. The molecule has 0 amide bonds. The highest BCUT2D eigenvalue weighted by atomic mass is 14.9. The van der Waals surface area contributed by atoms with Crippen LogP contribution in [0, 0.1) is 0 Å². The summed E-state index contributed by atoms with van der Waals surface area (Å²) in [6.45, 7) is 4.64. The van der Waals surface area contributed by atoms with Gasteiger partial charge in [-0.25, -0.2) is 9.97 Å². The van der Waals surface area contributed by atoms with Crippen molar-refractivity contribution in [3.63, 3.8) is 0 Å². The zero-order valence-corrected chi connectivity index (χ0v) is 26.4. The molecule has 0 radical (unpaired) electrons. The molecule has 1 aromatic heterocycles. The second-order valence-corrected chi connectivity index (χ2v) is 13.0. The topological polar surface area (TPSA) is 25.8 Å². The van der Waals surface area contributed by atoms with Crippen molar-refractivity contribution in [3.8, 4) is 56.0 Å². The first-order chi connectivity index (χ1) is 23.1. The Bertz CT molecular complexity index is 2490. The van der Waals surface area contributed by atoms with Crippen LogP contribution in [0.25, 0.3) is 77.6 Å². The molecule has 1 aliphatic rings. The minimum Gasteiger partial charge on any atom is -0.231 e. The van der Waals surface area contributed by atoms with Crippen LogP contribution < -0.4 is 0 Å². The minimum absolute atomic E-state index is 0.315. The van der Waals surface area contributed by atoms with Crippen LogP contribution >= 0.6 is 0 Å². The normalized spacial score (nSPS) is 13.1. The fourth-order valence-corrected chi connectivity index (χ4v) is 7.54. The van der Waals surface area contributed by atoms with Crippen molar-refractivity contribution in [1.82, 2.24) is 9.97 Å². The third-order valence-corrected chi connectivity index (χ3v) is 9.79. The van der Waals surface area contributed by atoms with E-state index in [4.69, 9.17) is 9.97 Å². The lowest BCUT2D eigenvalue weighted by Crippen LogP contribution is -2.18. The van der Waals surface area contributed by atoms with Gasteiger partial charge in [0.15, 0.2) is 5.82 Å². The van der Waals surface area contributed by atoms with Gasteiger partial charge >= 0.3 is 0 Å². The standard InChI is InChI=1S/C45H32N2/c1-45(2)41-37-23-9-7-16-31(37)25-26-39(41)40-42(46-44(47-43(40)45)38-24-12-17-30-15-6-8-22-36(30)38)35-21-11-20-34(28-35)33-19-10-18-32(27-33)29-13-4-3-5-14-29/h3-28H,1-2H3. The van der Waals surface area contributed by atoms with Crippen LogP contribution in [0.5, 0.6) is 0 Å². The molecule has 2 heteroatoms. The van der Waals surface area contributed by atoms with E-state index >= 15 is 0 Å². The number of rotatable bonds is 4. The van der Waals surface area contributed by atoms with E-state index in [0.29, 0.717) is 0 Å². The number of aromatic nitrogens is 2. The van der Waals surface area contributed by atoms with Gasteiger partial charge in [0.05, 0.1) is 11.4 Å². The highest BCUT2D eigenvalue weighted by Crippen LogP contribution is 2.53. The molecule has 0 aliphatic heterocycles. The number of fused-ring (bicyclic) bond motifs is 6. The van der Waals surface area contributed by atoms with Gasteiger partial charge in [-0.15, -0.1) is 0 Å². The maximum absolute atomic E-state index is 5.47. The first-order valence-electron chi connectivity index (χ1n) is 16.3. The summed E-state index contributed by atoms with van der Waals surface area (Å²) in [5.41, 5.74) is 12.3. The van der Waals surface area contributed by atoms with E-state index in [1.54, 1.807) is 0 Å². The van der Waals surface area contributed by atoms with Crippen molar-refractivity contribution < 1.29 is 0 Å². The van der Waals surface area contributed by atoms with Crippen LogP contribution in [0.3, 0.4) is 0 Å². The van der Waals surface area contributed by atoms with Crippen molar-refractivity contribution in [3.05, 3.63) is 169 Å². The fourth-order valence-electron chi connectivity index (χ4n) is 7.54. The van der Waals surface area contributed by atoms with E-state index < -0.39 is 0 Å². The molecule has 2 nitrogen and oxygen atoms in total. The van der Waals surface area contributed by atoms with Gasteiger partial charge in [0.2, 0.25) is 0 Å². The molecule has 8 aromatic rings. The van der Waals surface area contributed by atoms with Crippen molar-refractivity contribution in [2.75, 3.05) is 0 Å². The van der Waals surface area contributed by atoms with Crippen LogP contribution in [0.2, 0.25) is 0 Å². The summed E-state index contributed by atoms with van der Waals surface area (Å²) in [7, 11) is 0. The molecule has 0 bridgehead atoms. The second kappa shape index (κ2) is 10.6. The summed E-state index contributed by atoms with van der Waals surface area (Å²) in [5, 5.41) is 4.86. The van der Waals surface area contributed by atoms with E-state index in [1.807, 2.05) is 0 Å². The van der Waals surface area contributed by atoms with Gasteiger partial charge in [0.1, 0.15) is 0 Å². The Hall–Kier alpha value is -5.86. The summed E-state index contributed by atoms with van der Waals surface area (Å²) >= 11 is 0. The van der Waals surface area contributed by atoms with Gasteiger partial charge in [0.25, 0.3) is 0 Å². The summed E-state index contributed by atoms with van der Waals surface area (Å²) < 4.78 is 0. The predicted molar refractivity (Wildman–Crippen MR) is 196 cm³/mol. The highest BCUT2D eigenvalue weighted by Gasteiger charge is 2.41. The highest BCUT2D eigenvalue weighted by molar-refractivity contribution is 6.02. The third kappa shape index (κ3) is 4.40. The fraction of sp³-hybridized carbons (Fsp3) is 0.0667. The monoisotopic (exact) mass is 600 g/mol. The van der Waals surface area contributed by atoms with Crippen molar-refractivity contribution >= 4 is 21.5 Å². The van der Waals surface area contributed by atoms with Crippen LogP contribution in [0.15, 0.2) is 158 Å². The van der Waals surface area contributed by atoms with Crippen molar-refractivity contribution in [1.29, 1.82) is 0 Å². The Morgan fingerprint density at radius 3 is 1.74 bits per heavy atom.